The summed E-state index contributed by atoms with van der Waals surface area (Å²) in [5.74, 6) is 2.16. The number of methoxy groups -OCH3 is 1. The van der Waals surface area contributed by atoms with Crippen molar-refractivity contribution in [3.63, 3.8) is 0 Å². The van der Waals surface area contributed by atoms with Gasteiger partial charge in [0.1, 0.15) is 11.6 Å². The molecule has 4 rings (SSSR count). The summed E-state index contributed by atoms with van der Waals surface area (Å²) in [6, 6.07) is 6.27. The number of ether oxygens (including phenoxy) is 1. The van der Waals surface area contributed by atoms with Gasteiger partial charge < -0.3 is 9.64 Å². The Balaban J connectivity index is 1.95. The first kappa shape index (κ1) is 20.7. The van der Waals surface area contributed by atoms with E-state index in [1.165, 1.54) is 47.5 Å². The second-order valence-electron chi connectivity index (χ2n) is 8.43. The van der Waals surface area contributed by atoms with Crippen molar-refractivity contribution in [2.45, 2.75) is 66.2 Å². The highest BCUT2D eigenvalue weighted by molar-refractivity contribution is 5.83. The molecule has 0 unspecified atom stereocenters. The number of hydrogen-bond acceptors (Lipinski definition) is 4. The van der Waals surface area contributed by atoms with E-state index in [2.05, 4.69) is 49.2 Å². The lowest BCUT2D eigenvalue weighted by atomic mass is 10.0. The van der Waals surface area contributed by atoms with Crippen LogP contribution >= 0.6 is 0 Å². The van der Waals surface area contributed by atoms with Crippen molar-refractivity contribution in [3.05, 3.63) is 40.7 Å². The summed E-state index contributed by atoms with van der Waals surface area (Å²) in [4.78, 5) is 7.72. The van der Waals surface area contributed by atoms with Crippen LogP contribution in [-0.2, 0) is 12.8 Å². The van der Waals surface area contributed by atoms with E-state index in [0.29, 0.717) is 0 Å². The molecule has 1 aliphatic carbocycles. The van der Waals surface area contributed by atoms with E-state index in [0.717, 1.165) is 55.0 Å². The van der Waals surface area contributed by atoms with Gasteiger partial charge in [0.05, 0.1) is 12.8 Å². The van der Waals surface area contributed by atoms with Gasteiger partial charge in [0.25, 0.3) is 0 Å². The predicted octanol–water partition coefficient (Wildman–Crippen LogP) is 5.53. The molecule has 2 heterocycles. The van der Waals surface area contributed by atoms with Crippen LogP contribution in [0.1, 0.15) is 62.0 Å². The minimum atomic E-state index is 0.883. The van der Waals surface area contributed by atoms with E-state index < -0.39 is 0 Å². The standard InChI is InChI=1S/C25H34N4O/c1-6-8-15-28(14-7-2)25-21-10-9-11-22(21)26-24-23(18(4)27-29(24)25)20-13-12-19(30-5)16-17(20)3/h12-13,16H,6-11,14-15H2,1-5H3. The van der Waals surface area contributed by atoms with Crippen molar-refractivity contribution in [2.24, 2.45) is 0 Å². The smallest absolute Gasteiger partial charge is 0.165 e. The first-order valence-corrected chi connectivity index (χ1v) is 11.4. The van der Waals surface area contributed by atoms with Crippen molar-refractivity contribution in [1.29, 1.82) is 0 Å². The van der Waals surface area contributed by atoms with E-state index in [1.54, 1.807) is 7.11 Å². The van der Waals surface area contributed by atoms with Crippen LogP contribution in [0, 0.1) is 13.8 Å². The molecular formula is C25H34N4O. The van der Waals surface area contributed by atoms with Crippen molar-refractivity contribution in [3.8, 4) is 16.9 Å². The lowest BCUT2D eigenvalue weighted by molar-refractivity contribution is 0.414. The maximum Gasteiger partial charge on any atom is 0.165 e. The van der Waals surface area contributed by atoms with E-state index in [9.17, 15) is 0 Å². The highest BCUT2D eigenvalue weighted by atomic mass is 16.5. The lowest BCUT2D eigenvalue weighted by Crippen LogP contribution is -2.29. The number of anilines is 1. The van der Waals surface area contributed by atoms with E-state index in [-0.39, 0.29) is 0 Å². The summed E-state index contributed by atoms with van der Waals surface area (Å²) < 4.78 is 7.56. The Hall–Kier alpha value is -2.56. The third-order valence-electron chi connectivity index (χ3n) is 6.21. The topological polar surface area (TPSA) is 42.7 Å². The molecule has 1 aromatic carbocycles. The Morgan fingerprint density at radius 2 is 1.93 bits per heavy atom. The summed E-state index contributed by atoms with van der Waals surface area (Å²) >= 11 is 0. The molecule has 3 aromatic rings. The van der Waals surface area contributed by atoms with Crippen molar-refractivity contribution in [1.82, 2.24) is 14.6 Å². The number of benzene rings is 1. The van der Waals surface area contributed by atoms with Gasteiger partial charge in [-0.05, 0) is 69.2 Å². The number of aryl methyl sites for hydroxylation is 3. The van der Waals surface area contributed by atoms with Gasteiger partial charge >= 0.3 is 0 Å². The average molecular weight is 407 g/mol. The Bertz CT molecular complexity index is 1050. The fourth-order valence-electron chi connectivity index (χ4n) is 4.74. The molecule has 0 bridgehead atoms. The van der Waals surface area contributed by atoms with Crippen LogP contribution in [0.5, 0.6) is 5.75 Å². The average Bonchev–Trinajstić information content (AvgIpc) is 3.33. The number of unbranched alkanes of at least 4 members (excludes halogenated alkanes) is 1. The first-order valence-electron chi connectivity index (χ1n) is 11.4. The molecule has 160 valence electrons. The van der Waals surface area contributed by atoms with Crippen molar-refractivity contribution in [2.75, 3.05) is 25.1 Å². The van der Waals surface area contributed by atoms with Crippen LogP contribution in [0.25, 0.3) is 16.8 Å². The van der Waals surface area contributed by atoms with Crippen LogP contribution < -0.4 is 9.64 Å². The zero-order chi connectivity index (χ0) is 21.3. The minimum absolute atomic E-state index is 0.883. The summed E-state index contributed by atoms with van der Waals surface area (Å²) in [5.41, 5.74) is 8.23. The van der Waals surface area contributed by atoms with Gasteiger partial charge in [0.15, 0.2) is 5.65 Å². The molecule has 0 radical (unpaired) electrons. The number of hydrogen-bond donors (Lipinski definition) is 0. The van der Waals surface area contributed by atoms with Gasteiger partial charge in [0, 0.05) is 29.9 Å². The first-order chi connectivity index (χ1) is 14.6. The molecule has 0 aliphatic heterocycles. The molecule has 30 heavy (non-hydrogen) atoms. The van der Waals surface area contributed by atoms with Crippen molar-refractivity contribution >= 4 is 11.5 Å². The van der Waals surface area contributed by atoms with Crippen LogP contribution in [0.3, 0.4) is 0 Å². The van der Waals surface area contributed by atoms with Crippen LogP contribution in [-0.4, -0.2) is 34.8 Å². The maximum absolute atomic E-state index is 5.42. The summed E-state index contributed by atoms with van der Waals surface area (Å²) in [5, 5.41) is 5.04. The molecule has 2 aromatic heterocycles. The molecule has 0 amide bonds. The molecule has 0 saturated carbocycles. The SMILES string of the molecule is CCCCN(CCC)c1c2c(nc3c(-c4ccc(OC)cc4C)c(C)nn13)CCC2. The second-order valence-corrected chi connectivity index (χ2v) is 8.43. The third-order valence-corrected chi connectivity index (χ3v) is 6.21. The van der Waals surface area contributed by atoms with Gasteiger partial charge in [-0.2, -0.15) is 9.61 Å². The summed E-state index contributed by atoms with van der Waals surface area (Å²) in [6.07, 6.45) is 6.89. The van der Waals surface area contributed by atoms with Gasteiger partial charge in [-0.3, -0.25) is 0 Å². The normalized spacial score (nSPS) is 13.1. The number of fused-ring (bicyclic) bond motifs is 2. The predicted molar refractivity (Wildman–Crippen MR) is 124 cm³/mol. The molecule has 0 saturated heterocycles. The Morgan fingerprint density at radius 3 is 2.63 bits per heavy atom. The quantitative estimate of drug-likeness (QED) is 0.493. The number of nitrogens with zero attached hydrogens (tertiary/aromatic N) is 4. The summed E-state index contributed by atoms with van der Waals surface area (Å²) in [6.45, 7) is 10.9. The van der Waals surface area contributed by atoms with E-state index in [4.69, 9.17) is 14.8 Å². The van der Waals surface area contributed by atoms with Gasteiger partial charge in [-0.15, -0.1) is 0 Å². The van der Waals surface area contributed by atoms with Crippen LogP contribution in [0.2, 0.25) is 0 Å². The zero-order valence-corrected chi connectivity index (χ0v) is 19.1. The Morgan fingerprint density at radius 1 is 1.10 bits per heavy atom. The molecule has 5 heteroatoms. The fraction of sp³-hybridized carbons (Fsp3) is 0.520. The Kier molecular flexibility index (Phi) is 5.98. The largest absolute Gasteiger partial charge is 0.497 e. The van der Waals surface area contributed by atoms with E-state index in [1.807, 2.05) is 6.07 Å². The monoisotopic (exact) mass is 406 g/mol. The number of aromatic nitrogens is 3. The maximum atomic E-state index is 5.42. The second kappa shape index (κ2) is 8.66. The molecule has 0 N–H and O–H groups in total. The van der Waals surface area contributed by atoms with Gasteiger partial charge in [-0.25, -0.2) is 4.98 Å². The Labute approximate surface area is 180 Å². The number of rotatable bonds is 8. The minimum Gasteiger partial charge on any atom is -0.497 e. The zero-order valence-electron chi connectivity index (χ0n) is 19.1. The molecule has 0 fully saturated rings. The third kappa shape index (κ3) is 3.55. The lowest BCUT2D eigenvalue weighted by Gasteiger charge is -2.27. The van der Waals surface area contributed by atoms with Gasteiger partial charge in [0.2, 0.25) is 0 Å². The van der Waals surface area contributed by atoms with Crippen LogP contribution in [0.4, 0.5) is 5.82 Å². The summed E-state index contributed by atoms with van der Waals surface area (Å²) in [7, 11) is 1.71. The molecule has 1 aliphatic rings. The molecule has 0 atom stereocenters. The highest BCUT2D eigenvalue weighted by Crippen LogP contribution is 2.37. The molecule has 5 nitrogen and oxygen atoms in total. The van der Waals surface area contributed by atoms with Gasteiger partial charge in [-0.1, -0.05) is 26.3 Å². The highest BCUT2D eigenvalue weighted by Gasteiger charge is 2.27. The fourth-order valence-corrected chi connectivity index (χ4v) is 4.74. The van der Waals surface area contributed by atoms with E-state index >= 15 is 0 Å². The molecule has 0 spiro atoms. The van der Waals surface area contributed by atoms with Crippen molar-refractivity contribution < 1.29 is 4.74 Å². The van der Waals surface area contributed by atoms with Crippen LogP contribution in [0.15, 0.2) is 18.2 Å². The molecular weight excluding hydrogens is 372 g/mol.